The van der Waals surface area contributed by atoms with Crippen LogP contribution in [0.15, 0.2) is 42.5 Å². The molecule has 0 bridgehead atoms. The summed E-state index contributed by atoms with van der Waals surface area (Å²) in [4.78, 5) is 0. The minimum Gasteiger partial charge on any atom is -0.495 e. The van der Waals surface area contributed by atoms with Gasteiger partial charge in [-0.05, 0) is 54.7 Å². The molecule has 0 radical (unpaired) electrons. The summed E-state index contributed by atoms with van der Waals surface area (Å²) in [5.74, 6) is 0.950. The molecule has 0 spiro atoms. The first-order valence-corrected chi connectivity index (χ1v) is 7.39. The van der Waals surface area contributed by atoms with Crippen LogP contribution in [0.5, 0.6) is 5.75 Å². The summed E-state index contributed by atoms with van der Waals surface area (Å²) in [7, 11) is 1.60. The first-order valence-electron chi connectivity index (χ1n) is 7.01. The van der Waals surface area contributed by atoms with E-state index in [-0.39, 0.29) is 5.82 Å². The fourth-order valence-corrected chi connectivity index (χ4v) is 3.02. The van der Waals surface area contributed by atoms with Crippen molar-refractivity contribution < 1.29 is 9.13 Å². The first kappa shape index (κ1) is 14.2. The van der Waals surface area contributed by atoms with E-state index in [0.717, 1.165) is 24.1 Å². The average Bonchev–Trinajstić information content (AvgIpc) is 2.42. The summed E-state index contributed by atoms with van der Waals surface area (Å²) in [6.45, 7) is 0. The molecule has 1 aliphatic carbocycles. The van der Waals surface area contributed by atoms with Crippen molar-refractivity contribution in [2.75, 3.05) is 12.4 Å². The third-order valence-electron chi connectivity index (χ3n) is 3.98. The molecule has 3 rings (SSSR count). The highest BCUT2D eigenvalue weighted by molar-refractivity contribution is 6.32. The molecule has 0 aromatic heterocycles. The van der Waals surface area contributed by atoms with Crippen molar-refractivity contribution in [1.82, 2.24) is 0 Å². The van der Waals surface area contributed by atoms with E-state index in [1.165, 1.54) is 6.07 Å². The van der Waals surface area contributed by atoms with Gasteiger partial charge in [0.05, 0.1) is 12.1 Å². The zero-order valence-electron chi connectivity index (χ0n) is 11.8. The molecule has 2 nitrogen and oxygen atoms in total. The van der Waals surface area contributed by atoms with Crippen LogP contribution in [0.3, 0.4) is 0 Å². The third kappa shape index (κ3) is 3.13. The molecule has 0 saturated heterocycles. The summed E-state index contributed by atoms with van der Waals surface area (Å²) >= 11 is 6.11. The Morgan fingerprint density at radius 1 is 1.19 bits per heavy atom. The van der Waals surface area contributed by atoms with Gasteiger partial charge in [-0.15, -0.1) is 0 Å². The maximum atomic E-state index is 13.2. The second-order valence-corrected chi connectivity index (χ2v) is 5.82. The number of hydrogen-bond donors (Lipinski definition) is 1. The van der Waals surface area contributed by atoms with Gasteiger partial charge in [-0.25, -0.2) is 4.39 Å². The zero-order chi connectivity index (χ0) is 14.8. The molecule has 0 heterocycles. The Labute approximate surface area is 128 Å². The molecule has 4 heteroatoms. The monoisotopic (exact) mass is 305 g/mol. The van der Waals surface area contributed by atoms with Crippen LogP contribution in [0.4, 0.5) is 10.1 Å². The van der Waals surface area contributed by atoms with Gasteiger partial charge in [0.15, 0.2) is 0 Å². The second kappa shape index (κ2) is 5.94. The summed E-state index contributed by atoms with van der Waals surface area (Å²) in [5, 5.41) is 4.05. The predicted molar refractivity (Wildman–Crippen MR) is 83.8 cm³/mol. The minimum atomic E-state index is -0.161. The van der Waals surface area contributed by atoms with E-state index in [2.05, 4.69) is 5.32 Å². The second-order valence-electron chi connectivity index (χ2n) is 5.41. The number of rotatable bonds is 4. The lowest BCUT2D eigenvalue weighted by Gasteiger charge is -2.37. The van der Waals surface area contributed by atoms with Gasteiger partial charge < -0.3 is 10.1 Å². The number of benzene rings is 2. The van der Waals surface area contributed by atoms with E-state index in [9.17, 15) is 4.39 Å². The summed E-state index contributed by atoms with van der Waals surface area (Å²) in [5.41, 5.74) is 2.07. The van der Waals surface area contributed by atoms with Crippen molar-refractivity contribution in [1.29, 1.82) is 0 Å². The Morgan fingerprint density at radius 3 is 2.67 bits per heavy atom. The molecule has 0 unspecified atom stereocenters. The highest BCUT2D eigenvalue weighted by Gasteiger charge is 2.30. The maximum absolute atomic E-state index is 13.2. The molecular formula is C17H17ClFNO. The Kier molecular flexibility index (Phi) is 4.02. The van der Waals surface area contributed by atoms with Crippen LogP contribution in [-0.4, -0.2) is 13.2 Å². The lowest BCUT2D eigenvalue weighted by atomic mass is 9.76. The van der Waals surface area contributed by atoms with Crippen LogP contribution < -0.4 is 10.1 Å². The lowest BCUT2D eigenvalue weighted by Crippen LogP contribution is -2.34. The predicted octanol–water partition coefficient (Wildman–Crippen LogP) is 4.85. The standard InChI is InChI=1S/C17H17ClFNO/c1-21-17-6-5-14(10-16(17)18)20-15-8-12(9-15)11-3-2-4-13(19)7-11/h2-7,10,12,15,20H,8-9H2,1H3. The van der Waals surface area contributed by atoms with Crippen LogP contribution in [0, 0.1) is 5.82 Å². The molecule has 0 amide bonds. The fraction of sp³-hybridized carbons (Fsp3) is 0.294. The van der Waals surface area contributed by atoms with E-state index in [1.807, 2.05) is 24.3 Å². The zero-order valence-corrected chi connectivity index (χ0v) is 12.5. The van der Waals surface area contributed by atoms with Crippen LogP contribution in [0.1, 0.15) is 24.3 Å². The highest BCUT2D eigenvalue weighted by Crippen LogP contribution is 2.39. The van der Waals surface area contributed by atoms with Gasteiger partial charge in [0.2, 0.25) is 0 Å². The molecular weight excluding hydrogens is 289 g/mol. The number of ether oxygens (including phenoxy) is 1. The average molecular weight is 306 g/mol. The van der Waals surface area contributed by atoms with Gasteiger partial charge >= 0.3 is 0 Å². The van der Waals surface area contributed by atoms with Crippen LogP contribution in [0.2, 0.25) is 5.02 Å². The number of halogens is 2. The number of methoxy groups -OCH3 is 1. The van der Waals surface area contributed by atoms with Crippen molar-refractivity contribution in [3.05, 3.63) is 58.9 Å². The normalized spacial score (nSPS) is 20.7. The molecule has 0 atom stereocenters. The van der Waals surface area contributed by atoms with E-state index < -0.39 is 0 Å². The summed E-state index contributed by atoms with van der Waals surface area (Å²) in [6, 6.07) is 13.0. The Morgan fingerprint density at radius 2 is 2.00 bits per heavy atom. The maximum Gasteiger partial charge on any atom is 0.137 e. The number of hydrogen-bond acceptors (Lipinski definition) is 2. The largest absolute Gasteiger partial charge is 0.495 e. The van der Waals surface area contributed by atoms with Crippen LogP contribution >= 0.6 is 11.6 Å². The molecule has 21 heavy (non-hydrogen) atoms. The quantitative estimate of drug-likeness (QED) is 0.872. The first-order chi connectivity index (χ1) is 10.2. The molecule has 0 aliphatic heterocycles. The van der Waals surface area contributed by atoms with Crippen molar-refractivity contribution in [3.63, 3.8) is 0 Å². The number of anilines is 1. The van der Waals surface area contributed by atoms with Gasteiger partial charge in [0, 0.05) is 11.7 Å². The van der Waals surface area contributed by atoms with E-state index >= 15 is 0 Å². The molecule has 1 N–H and O–H groups in total. The molecule has 2 aromatic rings. The van der Waals surface area contributed by atoms with E-state index in [4.69, 9.17) is 16.3 Å². The third-order valence-corrected chi connectivity index (χ3v) is 4.28. The number of nitrogens with one attached hydrogen (secondary N) is 1. The van der Waals surface area contributed by atoms with Crippen molar-refractivity contribution >= 4 is 17.3 Å². The highest BCUT2D eigenvalue weighted by atomic mass is 35.5. The molecule has 110 valence electrons. The lowest BCUT2D eigenvalue weighted by molar-refractivity contribution is 0.373. The van der Waals surface area contributed by atoms with Crippen molar-refractivity contribution in [2.45, 2.75) is 24.8 Å². The van der Waals surface area contributed by atoms with E-state index in [0.29, 0.717) is 22.7 Å². The minimum absolute atomic E-state index is 0.161. The Bertz CT molecular complexity index is 640. The van der Waals surface area contributed by atoms with Crippen LogP contribution in [0.25, 0.3) is 0 Å². The smallest absolute Gasteiger partial charge is 0.137 e. The topological polar surface area (TPSA) is 21.3 Å². The SMILES string of the molecule is COc1ccc(NC2CC(c3cccc(F)c3)C2)cc1Cl. The van der Waals surface area contributed by atoms with Gasteiger partial charge in [-0.1, -0.05) is 23.7 Å². The van der Waals surface area contributed by atoms with E-state index in [1.54, 1.807) is 19.2 Å². The molecule has 1 fully saturated rings. The van der Waals surface area contributed by atoms with Gasteiger partial charge in [0.25, 0.3) is 0 Å². The van der Waals surface area contributed by atoms with Gasteiger partial charge in [0.1, 0.15) is 11.6 Å². The summed E-state index contributed by atoms with van der Waals surface area (Å²) in [6.07, 6.45) is 2.01. The molecule has 1 saturated carbocycles. The van der Waals surface area contributed by atoms with Gasteiger partial charge in [-0.3, -0.25) is 0 Å². The van der Waals surface area contributed by atoms with Crippen LogP contribution in [-0.2, 0) is 0 Å². The van der Waals surface area contributed by atoms with Crippen molar-refractivity contribution in [3.8, 4) is 5.75 Å². The fourth-order valence-electron chi connectivity index (χ4n) is 2.76. The summed E-state index contributed by atoms with van der Waals surface area (Å²) < 4.78 is 18.3. The Balaban J connectivity index is 1.58. The molecule has 2 aromatic carbocycles. The Hall–Kier alpha value is -1.74. The molecule has 1 aliphatic rings. The van der Waals surface area contributed by atoms with Crippen molar-refractivity contribution in [2.24, 2.45) is 0 Å². The van der Waals surface area contributed by atoms with Gasteiger partial charge in [-0.2, -0.15) is 0 Å².